The first-order valence-electron chi connectivity index (χ1n) is 6.35. The second kappa shape index (κ2) is 7.20. The molecule has 6 nitrogen and oxygen atoms in total. The number of ether oxygens (including phenoxy) is 1. The lowest BCUT2D eigenvalue weighted by atomic mass is 10.1. The molecule has 0 aliphatic heterocycles. The van der Waals surface area contributed by atoms with Gasteiger partial charge in [-0.25, -0.2) is 4.79 Å². The fraction of sp³-hybridized carbons (Fsp3) is 0.833. The highest BCUT2D eigenvalue weighted by Gasteiger charge is 2.30. The van der Waals surface area contributed by atoms with Gasteiger partial charge in [-0.15, -0.1) is 0 Å². The molecule has 1 aliphatic carbocycles. The van der Waals surface area contributed by atoms with E-state index in [4.69, 9.17) is 9.84 Å². The van der Waals surface area contributed by atoms with Crippen molar-refractivity contribution in [3.8, 4) is 0 Å². The molecule has 3 atom stereocenters. The summed E-state index contributed by atoms with van der Waals surface area (Å²) in [4.78, 5) is 22.5. The Kier molecular flexibility index (Phi) is 5.91. The first-order valence-corrected chi connectivity index (χ1v) is 6.35. The number of hydrogen-bond acceptors (Lipinski definition) is 3. The highest BCUT2D eigenvalue weighted by atomic mass is 16.5. The van der Waals surface area contributed by atoms with Crippen LogP contribution in [0, 0.1) is 5.92 Å². The molecule has 1 rings (SSSR count). The maximum Gasteiger partial charge on any atom is 0.315 e. The van der Waals surface area contributed by atoms with Gasteiger partial charge in [0.05, 0.1) is 18.6 Å². The van der Waals surface area contributed by atoms with Gasteiger partial charge in [0, 0.05) is 13.2 Å². The maximum atomic E-state index is 11.7. The van der Waals surface area contributed by atoms with Gasteiger partial charge in [0.25, 0.3) is 0 Å². The van der Waals surface area contributed by atoms with Crippen molar-refractivity contribution >= 4 is 12.0 Å². The van der Waals surface area contributed by atoms with Gasteiger partial charge < -0.3 is 20.5 Å². The molecule has 0 aromatic heterocycles. The third kappa shape index (κ3) is 4.52. The van der Waals surface area contributed by atoms with Gasteiger partial charge in [-0.3, -0.25) is 4.79 Å². The molecule has 0 bridgehead atoms. The number of carbonyl (C=O) groups excluding carboxylic acids is 1. The first kappa shape index (κ1) is 14.8. The third-order valence-corrected chi connectivity index (χ3v) is 3.31. The van der Waals surface area contributed by atoms with Crippen LogP contribution in [0.3, 0.4) is 0 Å². The Morgan fingerprint density at radius 2 is 2.17 bits per heavy atom. The van der Waals surface area contributed by atoms with Crippen molar-refractivity contribution in [3.05, 3.63) is 0 Å². The zero-order valence-electron chi connectivity index (χ0n) is 10.9. The second-order valence-corrected chi connectivity index (χ2v) is 4.72. The number of aliphatic carboxylic acids is 1. The van der Waals surface area contributed by atoms with E-state index in [0.717, 1.165) is 12.8 Å². The zero-order chi connectivity index (χ0) is 13.5. The van der Waals surface area contributed by atoms with Crippen molar-refractivity contribution < 1.29 is 19.4 Å². The van der Waals surface area contributed by atoms with Crippen LogP contribution in [-0.2, 0) is 9.53 Å². The van der Waals surface area contributed by atoms with Gasteiger partial charge in [-0.2, -0.15) is 0 Å². The van der Waals surface area contributed by atoms with Crippen molar-refractivity contribution in [2.75, 3.05) is 13.7 Å². The van der Waals surface area contributed by atoms with E-state index in [1.165, 1.54) is 0 Å². The first-order chi connectivity index (χ1) is 8.56. The molecule has 2 amide bonds. The van der Waals surface area contributed by atoms with E-state index in [2.05, 4.69) is 10.6 Å². The number of rotatable bonds is 6. The topological polar surface area (TPSA) is 87.7 Å². The predicted molar refractivity (Wildman–Crippen MR) is 66.4 cm³/mol. The van der Waals surface area contributed by atoms with Crippen molar-refractivity contribution in [1.29, 1.82) is 0 Å². The molecule has 0 aromatic carbocycles. The van der Waals surface area contributed by atoms with Crippen LogP contribution in [0.1, 0.15) is 32.6 Å². The van der Waals surface area contributed by atoms with E-state index >= 15 is 0 Å². The average Bonchev–Trinajstić information content (AvgIpc) is 2.77. The Bertz CT molecular complexity index is 296. The molecule has 18 heavy (non-hydrogen) atoms. The molecule has 104 valence electrons. The summed E-state index contributed by atoms with van der Waals surface area (Å²) in [5, 5.41) is 14.5. The van der Waals surface area contributed by atoms with Gasteiger partial charge in [-0.05, 0) is 25.7 Å². The number of amides is 2. The summed E-state index contributed by atoms with van der Waals surface area (Å²) < 4.78 is 4.99. The van der Waals surface area contributed by atoms with Crippen molar-refractivity contribution in [2.24, 2.45) is 5.92 Å². The van der Waals surface area contributed by atoms with Gasteiger partial charge in [-0.1, -0.05) is 6.92 Å². The van der Waals surface area contributed by atoms with Crippen LogP contribution in [0.4, 0.5) is 4.79 Å². The normalized spacial score (nSPS) is 24.6. The fourth-order valence-corrected chi connectivity index (χ4v) is 2.21. The minimum Gasteiger partial charge on any atom is -0.481 e. The summed E-state index contributed by atoms with van der Waals surface area (Å²) in [5.41, 5.74) is 0. The van der Waals surface area contributed by atoms with E-state index < -0.39 is 5.97 Å². The number of nitrogens with one attached hydrogen (secondary N) is 2. The molecule has 0 saturated heterocycles. The molecule has 0 aromatic rings. The molecule has 6 heteroatoms. The van der Waals surface area contributed by atoms with E-state index in [-0.39, 0.29) is 24.0 Å². The molecule has 0 heterocycles. The molecule has 3 unspecified atom stereocenters. The number of carbonyl (C=O) groups is 2. The predicted octanol–water partition coefficient (Wildman–Crippen LogP) is 0.964. The molecule has 1 saturated carbocycles. The van der Waals surface area contributed by atoms with Crippen molar-refractivity contribution in [1.82, 2.24) is 10.6 Å². The van der Waals surface area contributed by atoms with E-state index in [9.17, 15) is 9.59 Å². The average molecular weight is 258 g/mol. The molecule has 3 N–H and O–H groups in total. The Hall–Kier alpha value is -1.30. The summed E-state index contributed by atoms with van der Waals surface area (Å²) in [5.74, 6) is -1.10. The zero-order valence-corrected chi connectivity index (χ0v) is 10.9. The Morgan fingerprint density at radius 3 is 2.67 bits per heavy atom. The van der Waals surface area contributed by atoms with E-state index in [0.29, 0.717) is 19.4 Å². The van der Waals surface area contributed by atoms with Crippen LogP contribution in [0.2, 0.25) is 0 Å². The molecule has 0 radical (unpaired) electrons. The van der Waals surface area contributed by atoms with Crippen LogP contribution in [0.25, 0.3) is 0 Å². The van der Waals surface area contributed by atoms with Crippen LogP contribution in [0.5, 0.6) is 0 Å². The Morgan fingerprint density at radius 1 is 1.44 bits per heavy atom. The number of carboxylic acid groups (broad SMARTS) is 1. The van der Waals surface area contributed by atoms with Crippen LogP contribution in [0.15, 0.2) is 0 Å². The summed E-state index contributed by atoms with van der Waals surface area (Å²) in [6.07, 6.45) is 2.68. The number of carboxylic acids is 1. The SMILES string of the molecule is CCC(COC)NC(=O)NC1CCC(C(=O)O)C1. The van der Waals surface area contributed by atoms with Gasteiger partial charge in [0.1, 0.15) is 0 Å². The fourth-order valence-electron chi connectivity index (χ4n) is 2.21. The Balaban J connectivity index is 2.30. The summed E-state index contributed by atoms with van der Waals surface area (Å²) >= 11 is 0. The molecular weight excluding hydrogens is 236 g/mol. The van der Waals surface area contributed by atoms with Gasteiger partial charge >= 0.3 is 12.0 Å². The molecule has 1 fully saturated rings. The van der Waals surface area contributed by atoms with E-state index in [1.54, 1.807) is 7.11 Å². The van der Waals surface area contributed by atoms with Crippen LogP contribution < -0.4 is 10.6 Å². The van der Waals surface area contributed by atoms with Crippen LogP contribution >= 0.6 is 0 Å². The van der Waals surface area contributed by atoms with Gasteiger partial charge in [0.15, 0.2) is 0 Å². The highest BCUT2D eigenvalue weighted by Crippen LogP contribution is 2.25. The summed E-state index contributed by atoms with van der Waals surface area (Å²) in [7, 11) is 1.59. The highest BCUT2D eigenvalue weighted by molar-refractivity contribution is 5.75. The third-order valence-electron chi connectivity index (χ3n) is 3.31. The number of urea groups is 1. The van der Waals surface area contributed by atoms with Gasteiger partial charge in [0.2, 0.25) is 0 Å². The second-order valence-electron chi connectivity index (χ2n) is 4.72. The lowest BCUT2D eigenvalue weighted by Crippen LogP contribution is -2.47. The lowest BCUT2D eigenvalue weighted by Gasteiger charge is -2.19. The van der Waals surface area contributed by atoms with E-state index in [1.807, 2.05) is 6.92 Å². The molecule has 1 aliphatic rings. The largest absolute Gasteiger partial charge is 0.481 e. The monoisotopic (exact) mass is 258 g/mol. The standard InChI is InChI=1S/C12H22N2O4/c1-3-9(7-18-2)13-12(17)14-10-5-4-8(6-10)11(15)16/h8-10H,3-7H2,1-2H3,(H,15,16)(H2,13,14,17). The number of hydrogen-bond donors (Lipinski definition) is 3. The van der Waals surface area contributed by atoms with Crippen LogP contribution in [-0.4, -0.2) is 42.9 Å². The molecular formula is C12H22N2O4. The van der Waals surface area contributed by atoms with Crippen molar-refractivity contribution in [2.45, 2.75) is 44.7 Å². The maximum absolute atomic E-state index is 11.7. The minimum absolute atomic E-state index is 0.00771. The number of methoxy groups -OCH3 is 1. The summed E-state index contributed by atoms with van der Waals surface area (Å²) in [6, 6.07) is -0.284. The smallest absolute Gasteiger partial charge is 0.315 e. The molecule has 0 spiro atoms. The lowest BCUT2D eigenvalue weighted by molar-refractivity contribution is -0.141. The van der Waals surface area contributed by atoms with Crippen molar-refractivity contribution in [3.63, 3.8) is 0 Å². The Labute approximate surface area is 107 Å². The quantitative estimate of drug-likeness (QED) is 0.662. The minimum atomic E-state index is -0.773. The summed E-state index contributed by atoms with van der Waals surface area (Å²) in [6.45, 7) is 2.45.